The first kappa shape index (κ1) is 14.9. The molecule has 2 unspecified atom stereocenters. The molecule has 3 nitrogen and oxygen atoms in total. The molecule has 0 spiro atoms. The van der Waals surface area contributed by atoms with Crippen LogP contribution < -0.4 is 10.6 Å². The highest BCUT2D eigenvalue weighted by atomic mass is 35.5. The van der Waals surface area contributed by atoms with Gasteiger partial charge in [-0.15, -0.1) is 0 Å². The average molecular weight is 325 g/mol. The molecule has 1 aliphatic carbocycles. The number of rotatable bonds is 4. The summed E-state index contributed by atoms with van der Waals surface area (Å²) < 4.78 is 0. The molecule has 1 heterocycles. The van der Waals surface area contributed by atoms with Crippen LogP contribution in [0.3, 0.4) is 0 Å². The molecular formula is C16H18Cl2N2O. The van der Waals surface area contributed by atoms with Gasteiger partial charge in [0.15, 0.2) is 0 Å². The summed E-state index contributed by atoms with van der Waals surface area (Å²) in [4.78, 5) is 12.2. The molecular weight excluding hydrogens is 307 g/mol. The van der Waals surface area contributed by atoms with Crippen molar-refractivity contribution >= 4 is 29.1 Å². The Labute approximate surface area is 134 Å². The summed E-state index contributed by atoms with van der Waals surface area (Å²) in [6.45, 7) is 2.56. The van der Waals surface area contributed by atoms with E-state index in [1.807, 2.05) is 12.1 Å². The maximum atomic E-state index is 12.2. The van der Waals surface area contributed by atoms with Crippen LogP contribution in [0.15, 0.2) is 29.8 Å². The van der Waals surface area contributed by atoms with Crippen molar-refractivity contribution in [3.63, 3.8) is 0 Å². The monoisotopic (exact) mass is 324 g/mol. The first-order valence-electron chi connectivity index (χ1n) is 7.26. The van der Waals surface area contributed by atoms with Gasteiger partial charge in [0, 0.05) is 29.1 Å². The van der Waals surface area contributed by atoms with E-state index in [2.05, 4.69) is 16.7 Å². The molecule has 0 aromatic heterocycles. The second kappa shape index (κ2) is 6.39. The number of carbonyl (C=O) groups is 1. The molecule has 21 heavy (non-hydrogen) atoms. The van der Waals surface area contributed by atoms with Crippen molar-refractivity contribution in [2.24, 2.45) is 5.92 Å². The lowest BCUT2D eigenvalue weighted by atomic mass is 10.1. The minimum Gasteiger partial charge on any atom is -0.352 e. The van der Waals surface area contributed by atoms with Gasteiger partial charge in [-0.25, -0.2) is 0 Å². The molecule has 1 saturated carbocycles. The molecule has 3 rings (SSSR count). The zero-order valence-corrected chi connectivity index (χ0v) is 13.2. The van der Waals surface area contributed by atoms with Crippen LogP contribution in [0.2, 0.25) is 10.0 Å². The van der Waals surface area contributed by atoms with E-state index < -0.39 is 0 Å². The van der Waals surface area contributed by atoms with E-state index in [-0.39, 0.29) is 17.7 Å². The summed E-state index contributed by atoms with van der Waals surface area (Å²) in [5, 5.41) is 7.59. The summed E-state index contributed by atoms with van der Waals surface area (Å²) >= 11 is 12.1. The van der Waals surface area contributed by atoms with Crippen molar-refractivity contribution in [1.82, 2.24) is 10.6 Å². The lowest BCUT2D eigenvalue weighted by Gasteiger charge is -2.14. The number of nitrogens with one attached hydrogen (secondary N) is 2. The Kier molecular flexibility index (Phi) is 4.53. The second-order valence-corrected chi connectivity index (χ2v) is 6.49. The molecule has 112 valence electrons. The van der Waals surface area contributed by atoms with Crippen LogP contribution >= 0.6 is 23.2 Å². The summed E-state index contributed by atoms with van der Waals surface area (Å²) in [6, 6.07) is 5.50. The Balaban J connectivity index is 1.54. The molecule has 1 fully saturated rings. The maximum Gasteiger partial charge on any atom is 0.224 e. The highest BCUT2D eigenvalue weighted by molar-refractivity contribution is 6.35. The van der Waals surface area contributed by atoms with Crippen LogP contribution in [0.5, 0.6) is 0 Å². The quantitative estimate of drug-likeness (QED) is 0.835. The summed E-state index contributed by atoms with van der Waals surface area (Å²) in [7, 11) is 0. The number of amides is 1. The molecule has 0 saturated heterocycles. The van der Waals surface area contributed by atoms with Crippen molar-refractivity contribution in [3.05, 3.63) is 45.5 Å². The zero-order valence-electron chi connectivity index (χ0n) is 11.7. The van der Waals surface area contributed by atoms with Gasteiger partial charge in [-0.05, 0) is 43.0 Å². The fourth-order valence-electron chi connectivity index (χ4n) is 2.79. The van der Waals surface area contributed by atoms with Gasteiger partial charge in [-0.1, -0.05) is 40.9 Å². The first-order chi connectivity index (χ1) is 10.1. The topological polar surface area (TPSA) is 41.1 Å². The van der Waals surface area contributed by atoms with Crippen LogP contribution in [-0.4, -0.2) is 25.5 Å². The molecule has 2 atom stereocenters. The Hall–Kier alpha value is -1.03. The normalized spacial score (nSPS) is 24.4. The highest BCUT2D eigenvalue weighted by Gasteiger charge is 2.44. The smallest absolute Gasteiger partial charge is 0.224 e. The third-order valence-electron chi connectivity index (χ3n) is 4.14. The average Bonchev–Trinajstić information content (AvgIpc) is 3.26. The SMILES string of the molecule is O=C(NCC1=CCNCC1)C1CC1c1ccc(Cl)cc1Cl. The van der Waals surface area contributed by atoms with Crippen molar-refractivity contribution in [2.45, 2.75) is 18.8 Å². The van der Waals surface area contributed by atoms with Crippen molar-refractivity contribution in [3.8, 4) is 0 Å². The van der Waals surface area contributed by atoms with Gasteiger partial charge in [0.05, 0.1) is 0 Å². The number of benzene rings is 1. The maximum absolute atomic E-state index is 12.2. The molecule has 1 aliphatic heterocycles. The third kappa shape index (κ3) is 3.60. The van der Waals surface area contributed by atoms with Gasteiger partial charge in [-0.3, -0.25) is 4.79 Å². The van der Waals surface area contributed by atoms with Gasteiger partial charge in [0.1, 0.15) is 0 Å². The number of carbonyl (C=O) groups excluding carboxylic acids is 1. The molecule has 1 aromatic carbocycles. The Morgan fingerprint density at radius 2 is 2.24 bits per heavy atom. The Morgan fingerprint density at radius 1 is 1.38 bits per heavy atom. The van der Waals surface area contributed by atoms with Crippen LogP contribution in [-0.2, 0) is 4.79 Å². The van der Waals surface area contributed by atoms with E-state index in [1.54, 1.807) is 6.07 Å². The van der Waals surface area contributed by atoms with Crippen molar-refractivity contribution < 1.29 is 4.79 Å². The Bertz CT molecular complexity index is 586. The van der Waals surface area contributed by atoms with Crippen molar-refractivity contribution in [1.29, 1.82) is 0 Å². The van der Waals surface area contributed by atoms with Gasteiger partial charge in [-0.2, -0.15) is 0 Å². The number of hydrogen-bond donors (Lipinski definition) is 2. The van der Waals surface area contributed by atoms with E-state index >= 15 is 0 Å². The Morgan fingerprint density at radius 3 is 2.95 bits per heavy atom. The minimum atomic E-state index is 0.0472. The summed E-state index contributed by atoms with van der Waals surface area (Å²) in [6.07, 6.45) is 4.04. The summed E-state index contributed by atoms with van der Waals surface area (Å²) in [5.41, 5.74) is 2.34. The van der Waals surface area contributed by atoms with E-state index in [0.717, 1.165) is 31.5 Å². The second-order valence-electron chi connectivity index (χ2n) is 5.65. The van der Waals surface area contributed by atoms with Gasteiger partial charge >= 0.3 is 0 Å². The predicted molar refractivity (Wildman–Crippen MR) is 85.9 cm³/mol. The molecule has 1 amide bonds. The molecule has 1 aromatic rings. The highest BCUT2D eigenvalue weighted by Crippen LogP contribution is 2.50. The van der Waals surface area contributed by atoms with E-state index in [1.165, 1.54) is 5.57 Å². The molecule has 0 radical (unpaired) electrons. The number of halogens is 2. The lowest BCUT2D eigenvalue weighted by Crippen LogP contribution is -2.30. The van der Waals surface area contributed by atoms with Gasteiger partial charge in [0.2, 0.25) is 5.91 Å². The van der Waals surface area contributed by atoms with Crippen LogP contribution in [0.25, 0.3) is 0 Å². The van der Waals surface area contributed by atoms with E-state index in [0.29, 0.717) is 16.6 Å². The summed E-state index contributed by atoms with van der Waals surface area (Å²) in [5.74, 6) is 0.410. The standard InChI is InChI=1S/C16H18Cl2N2O/c17-11-1-2-12(15(18)7-11)13-8-14(13)16(21)20-9-10-3-5-19-6-4-10/h1-3,7,13-14,19H,4-6,8-9H2,(H,20,21). The fourth-order valence-corrected chi connectivity index (χ4v) is 3.34. The molecule has 5 heteroatoms. The van der Waals surface area contributed by atoms with Gasteiger partial charge < -0.3 is 10.6 Å². The van der Waals surface area contributed by atoms with E-state index in [4.69, 9.17) is 23.2 Å². The third-order valence-corrected chi connectivity index (χ3v) is 4.70. The van der Waals surface area contributed by atoms with E-state index in [9.17, 15) is 4.79 Å². The molecule has 2 N–H and O–H groups in total. The first-order valence-corrected chi connectivity index (χ1v) is 8.02. The van der Waals surface area contributed by atoms with Crippen LogP contribution in [0.1, 0.15) is 24.3 Å². The largest absolute Gasteiger partial charge is 0.352 e. The predicted octanol–water partition coefficient (Wildman–Crippen LogP) is 3.13. The molecule has 0 bridgehead atoms. The van der Waals surface area contributed by atoms with Crippen LogP contribution in [0, 0.1) is 5.92 Å². The van der Waals surface area contributed by atoms with Crippen LogP contribution in [0.4, 0.5) is 0 Å². The molecule has 2 aliphatic rings. The number of hydrogen-bond acceptors (Lipinski definition) is 2. The fraction of sp³-hybridized carbons (Fsp3) is 0.438. The van der Waals surface area contributed by atoms with Crippen molar-refractivity contribution in [2.75, 3.05) is 19.6 Å². The zero-order chi connectivity index (χ0) is 14.8. The van der Waals surface area contributed by atoms with Gasteiger partial charge in [0.25, 0.3) is 0 Å². The lowest BCUT2D eigenvalue weighted by molar-refractivity contribution is -0.122. The minimum absolute atomic E-state index is 0.0472.